The van der Waals surface area contributed by atoms with E-state index in [1.165, 1.54) is 10.9 Å². The van der Waals surface area contributed by atoms with Crippen LogP contribution in [0.15, 0.2) is 35.4 Å². The van der Waals surface area contributed by atoms with E-state index in [4.69, 9.17) is 17.4 Å². The van der Waals surface area contributed by atoms with Gasteiger partial charge in [0.05, 0.1) is 10.7 Å². The van der Waals surface area contributed by atoms with Crippen molar-refractivity contribution in [2.24, 2.45) is 5.84 Å². The standard InChI is InChI=1S/C9H8ClN5O/c10-6-3-1-2-4-7(6)15-5-12-8(14-11)13-9(15)16/h1-5H,11H2,(H,13,14,16). The van der Waals surface area contributed by atoms with Gasteiger partial charge in [-0.15, -0.1) is 0 Å². The van der Waals surface area contributed by atoms with Crippen LogP contribution in [-0.4, -0.2) is 14.5 Å². The topological polar surface area (TPSA) is 85.8 Å². The molecule has 0 aliphatic carbocycles. The molecule has 6 nitrogen and oxygen atoms in total. The number of hydrazine groups is 1. The number of nitrogens with two attached hydrogens (primary N) is 1. The molecule has 7 heteroatoms. The number of aromatic nitrogens is 3. The Bertz CT molecular complexity index is 568. The first-order chi connectivity index (χ1) is 7.72. The molecule has 0 spiro atoms. The van der Waals surface area contributed by atoms with Crippen LogP contribution in [0, 0.1) is 0 Å². The predicted octanol–water partition coefficient (Wildman–Crippen LogP) is 0.566. The number of nitrogens with one attached hydrogen (secondary N) is 1. The van der Waals surface area contributed by atoms with Crippen molar-refractivity contribution < 1.29 is 0 Å². The fraction of sp³-hybridized carbons (Fsp3) is 0. The van der Waals surface area contributed by atoms with Gasteiger partial charge in [0.1, 0.15) is 6.33 Å². The minimum absolute atomic E-state index is 0.0632. The van der Waals surface area contributed by atoms with Crippen LogP contribution < -0.4 is 17.0 Å². The minimum Gasteiger partial charge on any atom is -0.292 e. The van der Waals surface area contributed by atoms with Crippen molar-refractivity contribution in [3.63, 3.8) is 0 Å². The van der Waals surface area contributed by atoms with Crippen LogP contribution in [0.2, 0.25) is 5.02 Å². The van der Waals surface area contributed by atoms with E-state index in [1.54, 1.807) is 24.3 Å². The molecule has 0 atom stereocenters. The van der Waals surface area contributed by atoms with E-state index >= 15 is 0 Å². The second kappa shape index (κ2) is 4.30. The summed E-state index contributed by atoms with van der Waals surface area (Å²) in [4.78, 5) is 19.1. The Labute approximate surface area is 95.7 Å². The summed E-state index contributed by atoms with van der Waals surface area (Å²) in [7, 11) is 0. The maximum Gasteiger partial charge on any atom is 0.356 e. The third kappa shape index (κ3) is 1.88. The van der Waals surface area contributed by atoms with E-state index in [0.717, 1.165) is 0 Å². The van der Waals surface area contributed by atoms with Crippen molar-refractivity contribution in [2.75, 3.05) is 5.43 Å². The zero-order valence-electron chi connectivity index (χ0n) is 8.09. The first-order valence-electron chi connectivity index (χ1n) is 4.39. The van der Waals surface area contributed by atoms with Gasteiger partial charge in [0, 0.05) is 0 Å². The summed E-state index contributed by atoms with van der Waals surface area (Å²) in [5.41, 5.74) is 2.21. The Morgan fingerprint density at radius 2 is 2.12 bits per heavy atom. The van der Waals surface area contributed by atoms with E-state index in [2.05, 4.69) is 15.4 Å². The zero-order valence-corrected chi connectivity index (χ0v) is 8.85. The van der Waals surface area contributed by atoms with Gasteiger partial charge in [0.15, 0.2) is 0 Å². The van der Waals surface area contributed by atoms with Gasteiger partial charge in [0.2, 0.25) is 5.95 Å². The second-order valence-electron chi connectivity index (χ2n) is 2.93. The highest BCUT2D eigenvalue weighted by Gasteiger charge is 2.05. The van der Waals surface area contributed by atoms with Crippen LogP contribution >= 0.6 is 11.6 Å². The van der Waals surface area contributed by atoms with Crippen LogP contribution in [-0.2, 0) is 0 Å². The molecular weight excluding hydrogens is 230 g/mol. The number of anilines is 1. The molecule has 0 aliphatic heterocycles. The summed E-state index contributed by atoms with van der Waals surface area (Å²) < 4.78 is 1.24. The highest BCUT2D eigenvalue weighted by molar-refractivity contribution is 6.32. The summed E-state index contributed by atoms with van der Waals surface area (Å²) in [5, 5.41) is 0.446. The number of nitrogens with zero attached hydrogens (tertiary/aromatic N) is 3. The Balaban J connectivity index is 2.58. The summed E-state index contributed by atoms with van der Waals surface area (Å²) in [6.07, 6.45) is 1.31. The van der Waals surface area contributed by atoms with Crippen molar-refractivity contribution in [3.8, 4) is 5.69 Å². The van der Waals surface area contributed by atoms with E-state index in [9.17, 15) is 4.79 Å². The molecule has 0 amide bonds. The van der Waals surface area contributed by atoms with Gasteiger partial charge >= 0.3 is 5.69 Å². The molecule has 3 N–H and O–H groups in total. The summed E-state index contributed by atoms with van der Waals surface area (Å²) >= 11 is 5.95. The molecule has 1 aromatic carbocycles. The monoisotopic (exact) mass is 237 g/mol. The predicted molar refractivity (Wildman–Crippen MR) is 60.4 cm³/mol. The molecule has 0 radical (unpaired) electrons. The number of hydrogen-bond acceptors (Lipinski definition) is 5. The van der Waals surface area contributed by atoms with Crippen molar-refractivity contribution in [2.45, 2.75) is 0 Å². The Morgan fingerprint density at radius 3 is 2.75 bits per heavy atom. The number of rotatable bonds is 2. The van der Waals surface area contributed by atoms with E-state index in [-0.39, 0.29) is 5.95 Å². The smallest absolute Gasteiger partial charge is 0.292 e. The quantitative estimate of drug-likeness (QED) is 0.589. The summed E-state index contributed by atoms with van der Waals surface area (Å²) in [5.74, 6) is 5.15. The van der Waals surface area contributed by atoms with Gasteiger partial charge in [-0.05, 0) is 12.1 Å². The Morgan fingerprint density at radius 1 is 1.38 bits per heavy atom. The maximum absolute atomic E-state index is 11.6. The fourth-order valence-corrected chi connectivity index (χ4v) is 1.44. The van der Waals surface area contributed by atoms with E-state index in [1.807, 2.05) is 0 Å². The van der Waals surface area contributed by atoms with Crippen molar-refractivity contribution in [1.82, 2.24) is 14.5 Å². The molecule has 0 saturated heterocycles. The molecule has 0 unspecified atom stereocenters. The molecule has 0 fully saturated rings. The van der Waals surface area contributed by atoms with Crippen molar-refractivity contribution in [3.05, 3.63) is 46.1 Å². The van der Waals surface area contributed by atoms with Gasteiger partial charge in [-0.1, -0.05) is 23.7 Å². The maximum atomic E-state index is 11.6. The van der Waals surface area contributed by atoms with Crippen LogP contribution in [0.1, 0.15) is 0 Å². The number of para-hydroxylation sites is 1. The van der Waals surface area contributed by atoms with Gasteiger partial charge < -0.3 is 0 Å². The van der Waals surface area contributed by atoms with Crippen LogP contribution in [0.4, 0.5) is 5.95 Å². The van der Waals surface area contributed by atoms with Crippen molar-refractivity contribution >= 4 is 17.5 Å². The zero-order chi connectivity index (χ0) is 11.5. The lowest BCUT2D eigenvalue weighted by Gasteiger charge is -2.06. The lowest BCUT2D eigenvalue weighted by Crippen LogP contribution is -2.25. The number of halogens is 1. The fourth-order valence-electron chi connectivity index (χ4n) is 1.22. The number of nitrogen functional groups attached to an aromatic ring is 1. The molecule has 0 bridgehead atoms. The van der Waals surface area contributed by atoms with Gasteiger partial charge in [-0.25, -0.2) is 20.2 Å². The molecule has 2 aromatic rings. The van der Waals surface area contributed by atoms with Crippen LogP contribution in [0.3, 0.4) is 0 Å². The molecule has 0 aliphatic rings. The average Bonchev–Trinajstić information content (AvgIpc) is 2.30. The molecule has 2 rings (SSSR count). The van der Waals surface area contributed by atoms with Gasteiger partial charge in [-0.3, -0.25) is 5.43 Å². The summed E-state index contributed by atoms with van der Waals surface area (Å²) in [6.45, 7) is 0. The van der Waals surface area contributed by atoms with Crippen LogP contribution in [0.5, 0.6) is 0 Å². The van der Waals surface area contributed by atoms with Gasteiger partial charge in [0.25, 0.3) is 0 Å². The van der Waals surface area contributed by atoms with Crippen molar-refractivity contribution in [1.29, 1.82) is 0 Å². The average molecular weight is 238 g/mol. The number of benzene rings is 1. The molecule has 0 saturated carbocycles. The molecular formula is C9H8ClN5O. The third-order valence-electron chi connectivity index (χ3n) is 1.94. The number of hydrogen-bond donors (Lipinski definition) is 2. The largest absolute Gasteiger partial charge is 0.356 e. The Hall–Kier alpha value is -1.92. The molecule has 16 heavy (non-hydrogen) atoms. The van der Waals surface area contributed by atoms with E-state index < -0.39 is 5.69 Å². The summed E-state index contributed by atoms with van der Waals surface area (Å²) in [6, 6.07) is 6.91. The first kappa shape index (κ1) is 10.6. The third-order valence-corrected chi connectivity index (χ3v) is 2.26. The van der Waals surface area contributed by atoms with Crippen LogP contribution in [0.25, 0.3) is 5.69 Å². The lowest BCUT2D eigenvalue weighted by atomic mass is 10.3. The lowest BCUT2D eigenvalue weighted by molar-refractivity contribution is 0.859. The normalized spacial score (nSPS) is 10.1. The highest BCUT2D eigenvalue weighted by atomic mass is 35.5. The molecule has 82 valence electrons. The SMILES string of the molecule is NNc1ncn(-c2ccccc2Cl)c(=O)n1. The Kier molecular flexibility index (Phi) is 2.84. The minimum atomic E-state index is -0.504. The molecule has 1 heterocycles. The van der Waals surface area contributed by atoms with E-state index in [0.29, 0.717) is 10.7 Å². The second-order valence-corrected chi connectivity index (χ2v) is 3.34. The first-order valence-corrected chi connectivity index (χ1v) is 4.77. The highest BCUT2D eigenvalue weighted by Crippen LogP contribution is 2.17. The van der Waals surface area contributed by atoms with Gasteiger partial charge in [-0.2, -0.15) is 4.98 Å². The molecule has 1 aromatic heterocycles.